The topological polar surface area (TPSA) is 93.0 Å². The second-order valence-corrected chi connectivity index (χ2v) is 9.25. The van der Waals surface area contributed by atoms with E-state index in [-0.39, 0.29) is 11.7 Å². The van der Waals surface area contributed by atoms with Gasteiger partial charge in [-0.05, 0) is 78.3 Å². The predicted molar refractivity (Wildman–Crippen MR) is 126 cm³/mol. The number of anilines is 1. The van der Waals surface area contributed by atoms with Gasteiger partial charge in [0.25, 0.3) is 0 Å². The lowest BCUT2D eigenvalue weighted by Crippen LogP contribution is -2.34. The molecule has 0 unspecified atom stereocenters. The number of carboxylic acid groups (broad SMARTS) is 1. The number of nitrogens with one attached hydrogen (secondary N) is 1. The van der Waals surface area contributed by atoms with Crippen LogP contribution in [-0.2, 0) is 11.2 Å². The number of aliphatic hydroxyl groups is 2. The van der Waals surface area contributed by atoms with Crippen molar-refractivity contribution in [2.45, 2.75) is 44.3 Å². The van der Waals surface area contributed by atoms with Crippen molar-refractivity contribution in [1.82, 2.24) is 5.43 Å². The Hall–Kier alpha value is -3.42. The maximum atomic E-state index is 13.4. The Morgan fingerprint density at radius 1 is 1.26 bits per heavy atom. The quantitative estimate of drug-likeness (QED) is 0.516. The molecule has 2 aromatic rings. The van der Waals surface area contributed by atoms with Crippen molar-refractivity contribution in [2.24, 2.45) is 5.92 Å². The molecule has 5 rings (SSSR count). The largest absolute Gasteiger partial charge is 0.479 e. The number of fused-ring (bicyclic) bond motifs is 1. The van der Waals surface area contributed by atoms with E-state index in [1.807, 2.05) is 17.3 Å². The highest BCUT2D eigenvalue weighted by molar-refractivity contribution is 5.74. The number of nitrogens with zero attached hydrogens (tertiary/aromatic N) is 1. The third-order valence-electron chi connectivity index (χ3n) is 7.16. The summed E-state index contributed by atoms with van der Waals surface area (Å²) in [6, 6.07) is 13.2. The number of carboxylic acids is 1. The third kappa shape index (κ3) is 3.81. The molecule has 0 bridgehead atoms. The first-order chi connectivity index (χ1) is 16.3. The second-order valence-electron chi connectivity index (χ2n) is 9.25. The Morgan fingerprint density at radius 3 is 2.76 bits per heavy atom. The normalized spacial score (nSPS) is 24.2. The van der Waals surface area contributed by atoms with Crippen LogP contribution in [0, 0.1) is 11.7 Å². The fourth-order valence-corrected chi connectivity index (χ4v) is 5.44. The molecule has 7 heteroatoms. The SMILES string of the molecule is C[C@H]1C2=CNN(c3ccc(F)cc3)C2=CC2=C1[C@](O)(CCc1cccc([C@H](O)C(=O)O)c1)CC2. The van der Waals surface area contributed by atoms with E-state index in [4.69, 9.17) is 5.11 Å². The highest BCUT2D eigenvalue weighted by atomic mass is 19.1. The molecule has 0 saturated carbocycles. The summed E-state index contributed by atoms with van der Waals surface area (Å²) in [6.07, 6.45) is 4.97. The van der Waals surface area contributed by atoms with Gasteiger partial charge in [-0.3, -0.25) is 5.01 Å². The molecule has 0 spiro atoms. The molecule has 2 aromatic carbocycles. The van der Waals surface area contributed by atoms with Crippen molar-refractivity contribution >= 4 is 11.7 Å². The van der Waals surface area contributed by atoms with Gasteiger partial charge in [0.15, 0.2) is 6.10 Å². The van der Waals surface area contributed by atoms with Gasteiger partial charge in [-0.15, -0.1) is 0 Å². The summed E-state index contributed by atoms with van der Waals surface area (Å²) in [5, 5.41) is 32.5. The number of carbonyl (C=O) groups is 1. The number of allylic oxidation sites excluding steroid dienone is 3. The molecule has 0 saturated heterocycles. The van der Waals surface area contributed by atoms with Gasteiger partial charge < -0.3 is 20.7 Å². The molecule has 3 aliphatic rings. The zero-order chi connectivity index (χ0) is 24.0. The summed E-state index contributed by atoms with van der Waals surface area (Å²) in [6.45, 7) is 2.10. The average molecular weight is 463 g/mol. The van der Waals surface area contributed by atoms with Crippen LogP contribution in [0.15, 0.2) is 83.2 Å². The first kappa shape index (κ1) is 22.4. The minimum Gasteiger partial charge on any atom is -0.479 e. The van der Waals surface area contributed by atoms with Crippen LogP contribution < -0.4 is 10.4 Å². The van der Waals surface area contributed by atoms with E-state index >= 15 is 0 Å². The minimum atomic E-state index is -1.56. The van der Waals surface area contributed by atoms with Crippen LogP contribution >= 0.6 is 0 Å². The van der Waals surface area contributed by atoms with Gasteiger partial charge in [-0.25, -0.2) is 9.18 Å². The summed E-state index contributed by atoms with van der Waals surface area (Å²) in [5.74, 6) is -1.55. The Kier molecular flexibility index (Phi) is 5.54. The zero-order valence-corrected chi connectivity index (χ0v) is 18.8. The van der Waals surface area contributed by atoms with Gasteiger partial charge in [0.05, 0.1) is 17.0 Å². The molecule has 1 heterocycles. The van der Waals surface area contributed by atoms with Crippen molar-refractivity contribution in [3.63, 3.8) is 0 Å². The number of benzene rings is 2. The average Bonchev–Trinajstić information content (AvgIpc) is 3.40. The lowest BCUT2D eigenvalue weighted by Gasteiger charge is -2.34. The van der Waals surface area contributed by atoms with Crippen molar-refractivity contribution in [3.05, 3.63) is 100 Å². The number of aliphatic carboxylic acids is 1. The monoisotopic (exact) mass is 462 g/mol. The van der Waals surface area contributed by atoms with Crippen molar-refractivity contribution < 1.29 is 24.5 Å². The van der Waals surface area contributed by atoms with Gasteiger partial charge >= 0.3 is 5.97 Å². The Balaban J connectivity index is 1.38. The number of hydrazine groups is 1. The van der Waals surface area contributed by atoms with Gasteiger partial charge in [0.1, 0.15) is 5.82 Å². The molecular weight excluding hydrogens is 435 g/mol. The molecule has 2 aliphatic carbocycles. The summed E-state index contributed by atoms with van der Waals surface area (Å²) in [5.41, 5.74) is 8.62. The molecule has 4 N–H and O–H groups in total. The lowest BCUT2D eigenvalue weighted by molar-refractivity contribution is -0.146. The van der Waals surface area contributed by atoms with Crippen LogP contribution in [0.1, 0.15) is 43.4 Å². The van der Waals surface area contributed by atoms with Gasteiger partial charge in [0, 0.05) is 17.7 Å². The van der Waals surface area contributed by atoms with E-state index in [0.29, 0.717) is 24.8 Å². The second kappa shape index (κ2) is 8.42. The Labute approximate surface area is 197 Å². The third-order valence-corrected chi connectivity index (χ3v) is 7.16. The van der Waals surface area contributed by atoms with E-state index in [9.17, 15) is 19.4 Å². The summed E-state index contributed by atoms with van der Waals surface area (Å²) < 4.78 is 13.4. The maximum absolute atomic E-state index is 13.4. The number of aryl methyl sites for hydroxylation is 1. The van der Waals surface area contributed by atoms with E-state index in [0.717, 1.165) is 40.1 Å². The van der Waals surface area contributed by atoms with Crippen LogP contribution in [0.3, 0.4) is 0 Å². The van der Waals surface area contributed by atoms with E-state index in [1.165, 1.54) is 12.1 Å². The van der Waals surface area contributed by atoms with Gasteiger partial charge in [-0.2, -0.15) is 0 Å². The first-order valence-corrected chi connectivity index (χ1v) is 11.5. The molecule has 0 radical (unpaired) electrons. The highest BCUT2D eigenvalue weighted by Gasteiger charge is 2.45. The Bertz CT molecular complexity index is 1230. The van der Waals surface area contributed by atoms with Crippen LogP contribution in [0.4, 0.5) is 10.1 Å². The smallest absolute Gasteiger partial charge is 0.337 e. The lowest BCUT2D eigenvalue weighted by atomic mass is 9.76. The fraction of sp³-hybridized carbons (Fsp3) is 0.296. The highest BCUT2D eigenvalue weighted by Crippen LogP contribution is 2.50. The molecule has 176 valence electrons. The molecule has 0 fully saturated rings. The zero-order valence-electron chi connectivity index (χ0n) is 18.8. The van der Waals surface area contributed by atoms with E-state index in [2.05, 4.69) is 18.4 Å². The first-order valence-electron chi connectivity index (χ1n) is 11.5. The molecule has 34 heavy (non-hydrogen) atoms. The number of hydrogen-bond acceptors (Lipinski definition) is 5. The number of hydrogen-bond donors (Lipinski definition) is 4. The Morgan fingerprint density at radius 2 is 2.03 bits per heavy atom. The fourth-order valence-electron chi connectivity index (χ4n) is 5.44. The van der Waals surface area contributed by atoms with Crippen LogP contribution in [0.2, 0.25) is 0 Å². The van der Waals surface area contributed by atoms with Crippen molar-refractivity contribution in [2.75, 3.05) is 5.01 Å². The van der Waals surface area contributed by atoms with Gasteiger partial charge in [0.2, 0.25) is 0 Å². The molecule has 0 amide bonds. The minimum absolute atomic E-state index is 0.0145. The standard InChI is InChI=1S/C27H27FN2O4/c1-16-22-15-29-30(21-7-5-20(28)6-8-21)23(22)14-18-10-12-27(34,24(16)18)11-9-17-3-2-4-19(13-17)25(31)26(32)33/h2-8,13-16,25,29,31,34H,9-12H2,1H3,(H,32,33)/t16-,25-,27-/m0/s1. The molecule has 3 atom stereocenters. The molecule has 0 aromatic heterocycles. The van der Waals surface area contributed by atoms with E-state index in [1.54, 1.807) is 30.3 Å². The van der Waals surface area contributed by atoms with Crippen LogP contribution in [0.25, 0.3) is 0 Å². The molecule has 6 nitrogen and oxygen atoms in total. The summed E-state index contributed by atoms with van der Waals surface area (Å²) in [7, 11) is 0. The van der Waals surface area contributed by atoms with Crippen LogP contribution in [-0.4, -0.2) is 26.9 Å². The summed E-state index contributed by atoms with van der Waals surface area (Å²) in [4.78, 5) is 11.1. The number of aliphatic hydroxyl groups excluding tert-OH is 1. The molecular formula is C27H27FN2O4. The van der Waals surface area contributed by atoms with Crippen molar-refractivity contribution in [1.29, 1.82) is 0 Å². The molecule has 1 aliphatic heterocycles. The predicted octanol–water partition coefficient (Wildman–Crippen LogP) is 4.14. The van der Waals surface area contributed by atoms with E-state index < -0.39 is 17.7 Å². The number of rotatable bonds is 6. The van der Waals surface area contributed by atoms with Gasteiger partial charge in [-0.1, -0.05) is 31.2 Å². The number of halogens is 1. The van der Waals surface area contributed by atoms with Crippen LogP contribution in [0.5, 0.6) is 0 Å². The maximum Gasteiger partial charge on any atom is 0.337 e. The summed E-state index contributed by atoms with van der Waals surface area (Å²) >= 11 is 0. The van der Waals surface area contributed by atoms with Crippen molar-refractivity contribution in [3.8, 4) is 0 Å².